The van der Waals surface area contributed by atoms with Crippen LogP contribution < -0.4 is 0 Å². The molecule has 3 fully saturated rings. The molecule has 0 bridgehead atoms. The minimum absolute atomic E-state index is 0.0807. The Hall–Kier alpha value is -0.530. The maximum atomic E-state index is 12.3. The Balaban J connectivity index is 1.32. The summed E-state index contributed by atoms with van der Waals surface area (Å²) in [4.78, 5) is 12.3. The van der Waals surface area contributed by atoms with Crippen LogP contribution in [0.25, 0.3) is 0 Å². The van der Waals surface area contributed by atoms with Gasteiger partial charge in [0.2, 0.25) is 0 Å². The van der Waals surface area contributed by atoms with Gasteiger partial charge in [-0.05, 0) is 81.0 Å². The van der Waals surface area contributed by atoms with Gasteiger partial charge in [-0.15, -0.1) is 0 Å². The highest BCUT2D eigenvalue weighted by Crippen LogP contribution is 2.53. The summed E-state index contributed by atoms with van der Waals surface area (Å²) in [7, 11) is 0. The molecule has 3 rings (SSSR count). The van der Waals surface area contributed by atoms with Gasteiger partial charge in [-0.2, -0.15) is 0 Å². The van der Waals surface area contributed by atoms with Gasteiger partial charge in [-0.1, -0.05) is 78.1 Å². The molecule has 0 N–H and O–H groups in total. The van der Waals surface area contributed by atoms with Gasteiger partial charge in [0.25, 0.3) is 0 Å². The topological polar surface area (TPSA) is 26.3 Å². The van der Waals surface area contributed by atoms with E-state index in [1.807, 2.05) is 0 Å². The van der Waals surface area contributed by atoms with Gasteiger partial charge in [-0.3, -0.25) is 4.79 Å². The van der Waals surface area contributed by atoms with Crippen molar-refractivity contribution in [3.63, 3.8) is 0 Å². The molecular formula is C28H50O2. The summed E-state index contributed by atoms with van der Waals surface area (Å²) in [5.74, 6) is 4.88. The average molecular weight is 419 g/mol. The minimum atomic E-state index is 0.0807. The van der Waals surface area contributed by atoms with Crippen LogP contribution in [0.4, 0.5) is 0 Å². The molecule has 0 aromatic carbocycles. The molecule has 0 amide bonds. The van der Waals surface area contributed by atoms with Crippen LogP contribution in [0.3, 0.4) is 0 Å². The van der Waals surface area contributed by atoms with E-state index in [1.165, 1.54) is 96.3 Å². The Morgan fingerprint density at radius 2 is 1.33 bits per heavy atom. The van der Waals surface area contributed by atoms with Gasteiger partial charge in [0, 0.05) is 6.42 Å². The first-order valence-corrected chi connectivity index (χ1v) is 13.9. The lowest BCUT2D eigenvalue weighted by Gasteiger charge is -2.50. The molecular weight excluding hydrogens is 368 g/mol. The molecule has 3 saturated carbocycles. The van der Waals surface area contributed by atoms with Crippen molar-refractivity contribution in [1.29, 1.82) is 0 Å². The number of hydrogen-bond acceptors (Lipinski definition) is 2. The van der Waals surface area contributed by atoms with Crippen molar-refractivity contribution in [3.8, 4) is 0 Å². The molecule has 174 valence electrons. The van der Waals surface area contributed by atoms with Crippen molar-refractivity contribution in [2.75, 3.05) is 0 Å². The van der Waals surface area contributed by atoms with Gasteiger partial charge in [0.1, 0.15) is 6.10 Å². The average Bonchev–Trinajstić information content (AvgIpc) is 2.76. The van der Waals surface area contributed by atoms with Crippen LogP contribution in [-0.2, 0) is 9.53 Å². The maximum absolute atomic E-state index is 12.3. The van der Waals surface area contributed by atoms with E-state index in [4.69, 9.17) is 4.74 Å². The second-order valence-corrected chi connectivity index (χ2v) is 11.0. The second kappa shape index (κ2) is 13.1. The molecule has 0 aromatic rings. The molecule has 0 spiro atoms. The number of hydrogen-bond donors (Lipinski definition) is 0. The molecule has 4 unspecified atom stereocenters. The molecule has 6 atom stereocenters. The fourth-order valence-electron chi connectivity index (χ4n) is 7.18. The highest BCUT2D eigenvalue weighted by molar-refractivity contribution is 5.69. The van der Waals surface area contributed by atoms with Crippen LogP contribution in [0.1, 0.15) is 136 Å². The fourth-order valence-corrected chi connectivity index (χ4v) is 7.18. The van der Waals surface area contributed by atoms with Crippen molar-refractivity contribution < 1.29 is 9.53 Å². The smallest absolute Gasteiger partial charge is 0.306 e. The van der Waals surface area contributed by atoms with Crippen molar-refractivity contribution in [2.24, 2.45) is 29.6 Å². The third-order valence-electron chi connectivity index (χ3n) is 8.85. The molecule has 0 aromatic heterocycles. The van der Waals surface area contributed by atoms with Crippen molar-refractivity contribution in [3.05, 3.63) is 0 Å². The van der Waals surface area contributed by atoms with E-state index in [1.54, 1.807) is 0 Å². The predicted molar refractivity (Wildman–Crippen MR) is 126 cm³/mol. The van der Waals surface area contributed by atoms with E-state index < -0.39 is 0 Å². The standard InChI is InChI=1S/C28H50O2/c1-3-5-7-8-9-10-11-13-28(29)30-25-17-19-27-24(21-25)16-15-23-20-22(12-6-4-2)14-18-26(23)27/h22-27H,3-21H2,1-2H3/t22-,23?,24?,25-,26?,27?/m0/s1. The zero-order valence-electron chi connectivity index (χ0n) is 20.2. The number of unbranched alkanes of at least 4 members (excludes halogenated alkanes) is 7. The lowest BCUT2D eigenvalue weighted by Crippen LogP contribution is -2.43. The first-order valence-electron chi connectivity index (χ1n) is 13.9. The number of carbonyl (C=O) groups is 1. The Bertz CT molecular complexity index is 487. The molecule has 3 aliphatic rings. The van der Waals surface area contributed by atoms with Crippen molar-refractivity contribution in [2.45, 2.75) is 142 Å². The van der Waals surface area contributed by atoms with Gasteiger partial charge in [0.15, 0.2) is 0 Å². The van der Waals surface area contributed by atoms with E-state index in [0.717, 1.165) is 48.9 Å². The summed E-state index contributed by atoms with van der Waals surface area (Å²) in [6.45, 7) is 4.59. The molecule has 0 radical (unpaired) electrons. The number of rotatable bonds is 12. The number of ether oxygens (including phenoxy) is 1. The molecule has 3 aliphatic carbocycles. The second-order valence-electron chi connectivity index (χ2n) is 11.0. The minimum Gasteiger partial charge on any atom is -0.462 e. The molecule has 0 saturated heterocycles. The van der Waals surface area contributed by atoms with Crippen LogP contribution >= 0.6 is 0 Å². The van der Waals surface area contributed by atoms with Crippen molar-refractivity contribution in [1.82, 2.24) is 0 Å². The van der Waals surface area contributed by atoms with E-state index in [-0.39, 0.29) is 12.1 Å². The summed E-state index contributed by atoms with van der Waals surface area (Å²) < 4.78 is 5.94. The third kappa shape index (κ3) is 7.27. The van der Waals surface area contributed by atoms with Gasteiger partial charge in [0.05, 0.1) is 0 Å². The van der Waals surface area contributed by atoms with E-state index >= 15 is 0 Å². The lowest BCUT2D eigenvalue weighted by molar-refractivity contribution is -0.153. The van der Waals surface area contributed by atoms with Gasteiger partial charge < -0.3 is 4.74 Å². The van der Waals surface area contributed by atoms with Crippen LogP contribution in [0.5, 0.6) is 0 Å². The zero-order valence-corrected chi connectivity index (χ0v) is 20.2. The van der Waals surface area contributed by atoms with Crippen LogP contribution in [0.15, 0.2) is 0 Å². The Morgan fingerprint density at radius 3 is 2.07 bits per heavy atom. The summed E-state index contributed by atoms with van der Waals surface area (Å²) in [6, 6.07) is 0. The van der Waals surface area contributed by atoms with Crippen LogP contribution in [0, 0.1) is 29.6 Å². The van der Waals surface area contributed by atoms with Gasteiger partial charge in [-0.25, -0.2) is 0 Å². The molecule has 30 heavy (non-hydrogen) atoms. The van der Waals surface area contributed by atoms with E-state index in [9.17, 15) is 4.79 Å². The predicted octanol–water partition coefficient (Wildman–Crippen LogP) is 8.47. The van der Waals surface area contributed by atoms with E-state index in [0.29, 0.717) is 6.42 Å². The van der Waals surface area contributed by atoms with Crippen LogP contribution in [0.2, 0.25) is 0 Å². The summed E-state index contributed by atoms with van der Waals surface area (Å²) in [6.07, 6.45) is 24.9. The molecule has 0 aliphatic heterocycles. The molecule has 0 heterocycles. The normalized spacial score (nSPS) is 33.5. The zero-order chi connectivity index (χ0) is 21.2. The Labute approximate surface area is 187 Å². The van der Waals surface area contributed by atoms with Crippen molar-refractivity contribution >= 4 is 5.97 Å². The number of esters is 1. The lowest BCUT2D eigenvalue weighted by atomic mass is 9.56. The van der Waals surface area contributed by atoms with E-state index in [2.05, 4.69) is 13.8 Å². The molecule has 2 heteroatoms. The summed E-state index contributed by atoms with van der Waals surface area (Å²) >= 11 is 0. The Kier molecular flexibility index (Phi) is 10.5. The highest BCUT2D eigenvalue weighted by Gasteiger charge is 2.44. The summed E-state index contributed by atoms with van der Waals surface area (Å²) in [5, 5.41) is 0. The third-order valence-corrected chi connectivity index (χ3v) is 8.85. The Morgan fingerprint density at radius 1 is 0.700 bits per heavy atom. The first-order chi connectivity index (χ1) is 14.7. The fraction of sp³-hybridized carbons (Fsp3) is 0.964. The SMILES string of the molecule is CCCCCCCCCC(=O)O[C@H]1CCC2C(CCC3C[C@@H](CCCC)CCC32)C1. The number of fused-ring (bicyclic) bond motifs is 3. The largest absolute Gasteiger partial charge is 0.462 e. The monoisotopic (exact) mass is 418 g/mol. The maximum Gasteiger partial charge on any atom is 0.306 e. The quantitative estimate of drug-likeness (QED) is 0.235. The summed E-state index contributed by atoms with van der Waals surface area (Å²) in [5.41, 5.74) is 0. The highest BCUT2D eigenvalue weighted by atomic mass is 16.5. The number of carbonyl (C=O) groups excluding carboxylic acids is 1. The first kappa shape index (κ1) is 24.1. The molecule has 2 nitrogen and oxygen atoms in total. The van der Waals surface area contributed by atoms with Crippen LogP contribution in [-0.4, -0.2) is 12.1 Å². The van der Waals surface area contributed by atoms with Gasteiger partial charge >= 0.3 is 5.97 Å².